The molecular formula is C22H23N7O3S. The van der Waals surface area contributed by atoms with Gasteiger partial charge in [0.25, 0.3) is 10.0 Å². The molecule has 1 fully saturated rings. The van der Waals surface area contributed by atoms with Crippen LogP contribution in [0.4, 0.5) is 23.0 Å². The summed E-state index contributed by atoms with van der Waals surface area (Å²) in [5.74, 6) is 0.412. The van der Waals surface area contributed by atoms with Gasteiger partial charge in [0.2, 0.25) is 0 Å². The summed E-state index contributed by atoms with van der Waals surface area (Å²) >= 11 is 0. The van der Waals surface area contributed by atoms with Crippen molar-refractivity contribution < 1.29 is 13.2 Å². The zero-order valence-electron chi connectivity index (χ0n) is 18.0. The van der Waals surface area contributed by atoms with Crippen LogP contribution >= 0.6 is 0 Å². The van der Waals surface area contributed by atoms with E-state index >= 15 is 0 Å². The third-order valence-electron chi connectivity index (χ3n) is 5.30. The normalized spacial score (nSPS) is 14.4. The van der Waals surface area contributed by atoms with Gasteiger partial charge in [-0.15, -0.1) is 0 Å². The monoisotopic (exact) mass is 465 g/mol. The molecule has 0 spiro atoms. The summed E-state index contributed by atoms with van der Waals surface area (Å²) < 4.78 is 35.2. The molecule has 1 saturated heterocycles. The molecule has 10 nitrogen and oxygen atoms in total. The van der Waals surface area contributed by atoms with Crippen LogP contribution in [0.5, 0.6) is 0 Å². The molecule has 1 aliphatic rings. The summed E-state index contributed by atoms with van der Waals surface area (Å²) in [5.41, 5.74) is 3.09. The average Bonchev–Trinajstić information content (AvgIpc) is 3.28. The largest absolute Gasteiger partial charge is 0.378 e. The Morgan fingerprint density at radius 3 is 2.24 bits per heavy atom. The van der Waals surface area contributed by atoms with Gasteiger partial charge in [0.15, 0.2) is 11.6 Å². The van der Waals surface area contributed by atoms with Crippen molar-refractivity contribution in [1.29, 1.82) is 0 Å². The van der Waals surface area contributed by atoms with Crippen molar-refractivity contribution in [3.63, 3.8) is 0 Å². The molecule has 5 rings (SSSR count). The Balaban J connectivity index is 1.46. The van der Waals surface area contributed by atoms with Crippen LogP contribution in [0.15, 0.2) is 65.8 Å². The summed E-state index contributed by atoms with van der Waals surface area (Å²) in [5, 5.41) is 7.15. The molecular weight excluding hydrogens is 442 g/mol. The highest BCUT2D eigenvalue weighted by molar-refractivity contribution is 7.92. The van der Waals surface area contributed by atoms with Crippen LogP contribution in [0.1, 0.15) is 0 Å². The van der Waals surface area contributed by atoms with Crippen molar-refractivity contribution in [3.8, 4) is 0 Å². The molecule has 0 unspecified atom stereocenters. The number of nitrogens with zero attached hydrogens (tertiary/aromatic N) is 5. The van der Waals surface area contributed by atoms with Crippen molar-refractivity contribution in [2.75, 3.05) is 41.2 Å². The lowest BCUT2D eigenvalue weighted by Gasteiger charge is -2.29. The molecule has 11 heteroatoms. The Labute approximate surface area is 191 Å². The molecule has 0 amide bonds. The number of para-hydroxylation sites is 2. The van der Waals surface area contributed by atoms with Gasteiger partial charge in [-0.25, -0.2) is 18.4 Å². The van der Waals surface area contributed by atoms with Crippen LogP contribution < -0.4 is 14.9 Å². The smallest absolute Gasteiger partial charge is 0.266 e. The lowest BCUT2D eigenvalue weighted by molar-refractivity contribution is 0.122. The molecule has 0 saturated carbocycles. The van der Waals surface area contributed by atoms with Gasteiger partial charge in [-0.1, -0.05) is 12.1 Å². The predicted molar refractivity (Wildman–Crippen MR) is 126 cm³/mol. The SMILES string of the molecule is Cn1cc(S(=O)(=O)Nc2nc3ccccc3nc2Nc2ccc(N3CCOCC3)cc2)cn1. The topological polar surface area (TPSA) is 114 Å². The number of aryl methyl sites for hydroxylation is 1. The van der Waals surface area contributed by atoms with Crippen LogP contribution in [-0.4, -0.2) is 54.5 Å². The van der Waals surface area contributed by atoms with Crippen molar-refractivity contribution in [2.24, 2.45) is 7.05 Å². The number of anilines is 4. The van der Waals surface area contributed by atoms with E-state index in [9.17, 15) is 8.42 Å². The first kappa shape index (κ1) is 21.2. The summed E-state index contributed by atoms with van der Waals surface area (Å²) in [6.45, 7) is 3.13. The van der Waals surface area contributed by atoms with Crippen LogP contribution in [-0.2, 0) is 21.8 Å². The highest BCUT2D eigenvalue weighted by atomic mass is 32.2. The van der Waals surface area contributed by atoms with Gasteiger partial charge in [-0.05, 0) is 36.4 Å². The number of benzene rings is 2. The summed E-state index contributed by atoms with van der Waals surface area (Å²) in [4.78, 5) is 11.4. The van der Waals surface area contributed by atoms with Crippen molar-refractivity contribution in [3.05, 3.63) is 60.9 Å². The zero-order valence-corrected chi connectivity index (χ0v) is 18.8. The molecule has 33 heavy (non-hydrogen) atoms. The highest BCUT2D eigenvalue weighted by Crippen LogP contribution is 2.28. The highest BCUT2D eigenvalue weighted by Gasteiger charge is 2.20. The van der Waals surface area contributed by atoms with Gasteiger partial charge >= 0.3 is 0 Å². The molecule has 170 valence electrons. The summed E-state index contributed by atoms with van der Waals surface area (Å²) in [7, 11) is -2.24. The van der Waals surface area contributed by atoms with Gasteiger partial charge in [-0.3, -0.25) is 9.40 Å². The molecule has 0 radical (unpaired) electrons. The zero-order chi connectivity index (χ0) is 22.8. The van der Waals surface area contributed by atoms with E-state index in [0.717, 1.165) is 24.5 Å². The van der Waals surface area contributed by atoms with E-state index in [0.29, 0.717) is 30.1 Å². The second-order valence-corrected chi connectivity index (χ2v) is 9.32. The fraction of sp³-hybridized carbons (Fsp3) is 0.227. The molecule has 0 atom stereocenters. The number of fused-ring (bicyclic) bond motifs is 1. The number of hydrogen-bond donors (Lipinski definition) is 2. The number of rotatable bonds is 6. The average molecular weight is 466 g/mol. The van der Waals surface area contributed by atoms with Crippen LogP contribution in [0.25, 0.3) is 11.0 Å². The molecule has 0 aliphatic carbocycles. The third kappa shape index (κ3) is 4.59. The number of nitrogens with one attached hydrogen (secondary N) is 2. The third-order valence-corrected chi connectivity index (χ3v) is 6.59. The van der Waals surface area contributed by atoms with Gasteiger partial charge in [0, 0.05) is 37.7 Å². The van der Waals surface area contributed by atoms with Crippen molar-refractivity contribution in [1.82, 2.24) is 19.7 Å². The van der Waals surface area contributed by atoms with Gasteiger partial charge in [0.1, 0.15) is 4.90 Å². The first-order chi connectivity index (χ1) is 16.0. The fourth-order valence-electron chi connectivity index (χ4n) is 3.60. The van der Waals surface area contributed by atoms with E-state index in [1.165, 1.54) is 17.1 Å². The number of aromatic nitrogens is 4. The van der Waals surface area contributed by atoms with Crippen molar-refractivity contribution in [2.45, 2.75) is 4.90 Å². The van der Waals surface area contributed by atoms with Gasteiger partial charge in [0.05, 0.1) is 30.4 Å². The summed E-state index contributed by atoms with van der Waals surface area (Å²) in [6, 6.07) is 15.2. The van der Waals surface area contributed by atoms with Crippen LogP contribution in [0.3, 0.4) is 0 Å². The van der Waals surface area contributed by atoms with E-state index in [1.807, 2.05) is 42.5 Å². The van der Waals surface area contributed by atoms with E-state index in [2.05, 4.69) is 30.0 Å². The minimum Gasteiger partial charge on any atom is -0.378 e. The standard InChI is InChI=1S/C22H23N7O3S/c1-28-15-18(14-23-28)33(30,31)27-22-21(25-19-4-2-3-5-20(19)26-22)24-16-6-8-17(9-7-16)29-10-12-32-13-11-29/h2-9,14-15H,10-13H2,1H3,(H,24,25)(H,26,27). The molecule has 3 heterocycles. The Morgan fingerprint density at radius 2 is 1.61 bits per heavy atom. The first-order valence-corrected chi connectivity index (χ1v) is 11.9. The number of ether oxygens (including phenoxy) is 1. The maximum absolute atomic E-state index is 12.9. The van der Waals surface area contributed by atoms with Crippen molar-refractivity contribution >= 4 is 44.1 Å². The van der Waals surface area contributed by atoms with Crippen LogP contribution in [0, 0.1) is 0 Å². The minimum atomic E-state index is -3.89. The fourth-order valence-corrected chi connectivity index (χ4v) is 4.59. The maximum atomic E-state index is 12.9. The number of hydrogen-bond acceptors (Lipinski definition) is 8. The molecule has 2 aromatic heterocycles. The van der Waals surface area contributed by atoms with Gasteiger partial charge < -0.3 is 15.0 Å². The van der Waals surface area contributed by atoms with E-state index in [1.54, 1.807) is 13.1 Å². The Morgan fingerprint density at radius 1 is 0.939 bits per heavy atom. The second-order valence-electron chi connectivity index (χ2n) is 7.64. The Hall–Kier alpha value is -3.70. The van der Waals surface area contributed by atoms with E-state index in [-0.39, 0.29) is 10.7 Å². The first-order valence-electron chi connectivity index (χ1n) is 10.5. The van der Waals surface area contributed by atoms with Gasteiger partial charge in [-0.2, -0.15) is 5.10 Å². The van der Waals surface area contributed by atoms with E-state index < -0.39 is 10.0 Å². The quantitative estimate of drug-likeness (QED) is 0.447. The lowest BCUT2D eigenvalue weighted by atomic mass is 10.2. The lowest BCUT2D eigenvalue weighted by Crippen LogP contribution is -2.36. The van der Waals surface area contributed by atoms with E-state index in [4.69, 9.17) is 4.74 Å². The second kappa shape index (κ2) is 8.68. The molecule has 0 bridgehead atoms. The summed E-state index contributed by atoms with van der Waals surface area (Å²) in [6.07, 6.45) is 2.71. The van der Waals surface area contributed by atoms with Crippen LogP contribution in [0.2, 0.25) is 0 Å². The number of sulfonamides is 1. The Bertz CT molecular complexity index is 1380. The molecule has 2 aromatic carbocycles. The molecule has 2 N–H and O–H groups in total. The predicted octanol–water partition coefficient (Wildman–Crippen LogP) is 2.74. The maximum Gasteiger partial charge on any atom is 0.266 e. The minimum absolute atomic E-state index is 0.0424. The number of morpholine rings is 1. The molecule has 1 aliphatic heterocycles. The molecule has 4 aromatic rings. The Kier molecular flexibility index (Phi) is 5.56.